The van der Waals surface area contributed by atoms with Crippen LogP contribution in [0, 0.1) is 12.7 Å². The van der Waals surface area contributed by atoms with Crippen LogP contribution in [0.2, 0.25) is 5.02 Å². The number of halogens is 2. The molecule has 1 fully saturated rings. The van der Waals surface area contributed by atoms with Crippen molar-refractivity contribution in [3.63, 3.8) is 0 Å². The number of ether oxygens (including phenoxy) is 1. The first-order chi connectivity index (χ1) is 15.0. The van der Waals surface area contributed by atoms with Crippen LogP contribution in [0.5, 0.6) is 5.75 Å². The Labute approximate surface area is 183 Å². The molecule has 1 amide bonds. The SMILES string of the molecule is C=CC(=O)N1CCN2c3ncnc4cc(-c5ccc(F)cc5C)c(Cl)c(c34)OC[C@@H]2C1. The second-order valence-corrected chi connectivity index (χ2v) is 8.14. The van der Waals surface area contributed by atoms with Crippen molar-refractivity contribution in [2.45, 2.75) is 13.0 Å². The molecule has 0 N–H and O–H groups in total. The molecule has 1 atom stereocenters. The van der Waals surface area contributed by atoms with Gasteiger partial charge < -0.3 is 14.5 Å². The second-order valence-electron chi connectivity index (χ2n) is 7.76. The van der Waals surface area contributed by atoms with Crippen LogP contribution in [0.3, 0.4) is 0 Å². The van der Waals surface area contributed by atoms with E-state index in [0.29, 0.717) is 42.5 Å². The average Bonchev–Trinajstić information content (AvgIpc) is 2.94. The molecule has 2 aliphatic rings. The highest BCUT2D eigenvalue weighted by molar-refractivity contribution is 6.36. The normalized spacial score (nSPS) is 17.7. The van der Waals surface area contributed by atoms with Gasteiger partial charge in [0, 0.05) is 25.2 Å². The standard InChI is InChI=1S/C23H20ClFN4O2/c1-3-19(30)28-6-7-29-15(10-28)11-31-22-20-18(26-12-27-23(20)29)9-17(21(22)24)16-5-4-14(25)8-13(16)2/h3-5,8-9,12,15H,1,6-7,10-11H2,2H3/t15-/m0/s1. The van der Waals surface area contributed by atoms with Crippen molar-refractivity contribution in [3.8, 4) is 16.9 Å². The minimum atomic E-state index is -0.298. The maximum absolute atomic E-state index is 13.6. The van der Waals surface area contributed by atoms with Gasteiger partial charge in [-0.2, -0.15) is 0 Å². The van der Waals surface area contributed by atoms with Gasteiger partial charge in [-0.25, -0.2) is 14.4 Å². The van der Waals surface area contributed by atoms with E-state index in [0.717, 1.165) is 27.9 Å². The number of benzene rings is 2. The molecule has 2 aliphatic heterocycles. The lowest BCUT2D eigenvalue weighted by atomic mass is 9.98. The Bertz CT molecular complexity index is 1230. The van der Waals surface area contributed by atoms with Crippen molar-refractivity contribution in [3.05, 3.63) is 59.7 Å². The third-order valence-corrected chi connectivity index (χ3v) is 6.32. The van der Waals surface area contributed by atoms with Crippen molar-refractivity contribution in [1.82, 2.24) is 14.9 Å². The topological polar surface area (TPSA) is 58.6 Å². The van der Waals surface area contributed by atoms with Crippen LogP contribution in [-0.4, -0.2) is 53.1 Å². The molecular formula is C23H20ClFN4O2. The molecule has 158 valence electrons. The largest absolute Gasteiger partial charge is 0.489 e. The molecule has 0 bridgehead atoms. The van der Waals surface area contributed by atoms with Crippen LogP contribution in [0.15, 0.2) is 43.2 Å². The van der Waals surface area contributed by atoms with Crippen molar-refractivity contribution in [2.75, 3.05) is 31.1 Å². The van der Waals surface area contributed by atoms with Gasteiger partial charge in [-0.05, 0) is 42.3 Å². The van der Waals surface area contributed by atoms with Gasteiger partial charge in [0.1, 0.15) is 24.6 Å². The third-order valence-electron chi connectivity index (χ3n) is 5.94. The third kappa shape index (κ3) is 3.20. The molecule has 3 aromatic rings. The number of fused-ring (bicyclic) bond motifs is 2. The zero-order valence-corrected chi connectivity index (χ0v) is 17.7. The lowest BCUT2D eigenvalue weighted by Gasteiger charge is -2.40. The van der Waals surface area contributed by atoms with E-state index in [1.165, 1.54) is 24.5 Å². The quantitative estimate of drug-likeness (QED) is 0.566. The van der Waals surface area contributed by atoms with Gasteiger partial charge in [0.05, 0.1) is 22.0 Å². The van der Waals surface area contributed by atoms with E-state index < -0.39 is 0 Å². The second kappa shape index (κ2) is 7.50. The van der Waals surface area contributed by atoms with E-state index in [2.05, 4.69) is 21.4 Å². The van der Waals surface area contributed by atoms with Crippen LogP contribution < -0.4 is 9.64 Å². The molecule has 3 heterocycles. The summed E-state index contributed by atoms with van der Waals surface area (Å²) in [4.78, 5) is 25.1. The van der Waals surface area contributed by atoms with Gasteiger partial charge in [-0.1, -0.05) is 24.2 Å². The molecule has 31 heavy (non-hydrogen) atoms. The summed E-state index contributed by atoms with van der Waals surface area (Å²) in [6.45, 7) is 7.47. The predicted molar refractivity (Wildman–Crippen MR) is 118 cm³/mol. The number of hydrogen-bond donors (Lipinski definition) is 0. The first-order valence-electron chi connectivity index (χ1n) is 10.0. The number of carbonyl (C=O) groups excluding carboxylic acids is 1. The van der Waals surface area contributed by atoms with E-state index >= 15 is 0 Å². The fraction of sp³-hybridized carbons (Fsp3) is 0.261. The maximum Gasteiger partial charge on any atom is 0.246 e. The van der Waals surface area contributed by atoms with E-state index in [1.54, 1.807) is 11.0 Å². The molecule has 6 nitrogen and oxygen atoms in total. The molecule has 0 unspecified atom stereocenters. The molecule has 5 rings (SSSR count). The highest BCUT2D eigenvalue weighted by Crippen LogP contribution is 2.46. The van der Waals surface area contributed by atoms with Crippen LogP contribution in [0.25, 0.3) is 22.0 Å². The van der Waals surface area contributed by atoms with Crippen molar-refractivity contribution < 1.29 is 13.9 Å². The molecule has 8 heteroatoms. The fourth-order valence-electron chi connectivity index (χ4n) is 4.41. The summed E-state index contributed by atoms with van der Waals surface area (Å²) >= 11 is 6.84. The number of nitrogens with zero attached hydrogens (tertiary/aromatic N) is 4. The van der Waals surface area contributed by atoms with Crippen molar-refractivity contribution in [1.29, 1.82) is 0 Å². The number of anilines is 1. The van der Waals surface area contributed by atoms with Gasteiger partial charge in [0.15, 0.2) is 5.75 Å². The van der Waals surface area contributed by atoms with Crippen LogP contribution >= 0.6 is 11.6 Å². The number of piperazine rings is 1. The Morgan fingerprint density at radius 1 is 1.29 bits per heavy atom. The number of aromatic nitrogens is 2. The molecule has 1 aromatic heterocycles. The summed E-state index contributed by atoms with van der Waals surface area (Å²) in [6, 6.07) is 6.43. The molecule has 0 spiro atoms. The number of aryl methyl sites for hydroxylation is 1. The Kier molecular flexibility index (Phi) is 4.78. The summed E-state index contributed by atoms with van der Waals surface area (Å²) < 4.78 is 19.9. The minimum Gasteiger partial charge on any atom is -0.489 e. The average molecular weight is 439 g/mol. The van der Waals surface area contributed by atoms with Crippen LogP contribution in [0.1, 0.15) is 5.56 Å². The highest BCUT2D eigenvalue weighted by atomic mass is 35.5. The minimum absolute atomic E-state index is 0.0739. The lowest BCUT2D eigenvalue weighted by Crippen LogP contribution is -2.56. The van der Waals surface area contributed by atoms with Gasteiger partial charge >= 0.3 is 0 Å². The van der Waals surface area contributed by atoms with E-state index in [-0.39, 0.29) is 17.8 Å². The summed E-state index contributed by atoms with van der Waals surface area (Å²) in [6.07, 6.45) is 2.86. The van der Waals surface area contributed by atoms with Gasteiger partial charge in [0.25, 0.3) is 0 Å². The molecule has 0 aliphatic carbocycles. The van der Waals surface area contributed by atoms with Gasteiger partial charge in [0.2, 0.25) is 5.91 Å². The molecule has 1 saturated heterocycles. The Balaban J connectivity index is 1.65. The van der Waals surface area contributed by atoms with Gasteiger partial charge in [-0.15, -0.1) is 0 Å². The first-order valence-corrected chi connectivity index (χ1v) is 10.4. The number of amides is 1. The van der Waals surface area contributed by atoms with E-state index in [4.69, 9.17) is 16.3 Å². The Morgan fingerprint density at radius 3 is 2.90 bits per heavy atom. The highest BCUT2D eigenvalue weighted by Gasteiger charge is 2.35. The van der Waals surface area contributed by atoms with Gasteiger partial charge in [-0.3, -0.25) is 4.79 Å². The van der Waals surface area contributed by atoms with Crippen LogP contribution in [0.4, 0.5) is 10.2 Å². The monoisotopic (exact) mass is 438 g/mol. The smallest absolute Gasteiger partial charge is 0.246 e. The number of carbonyl (C=O) groups is 1. The molecular weight excluding hydrogens is 419 g/mol. The zero-order chi connectivity index (χ0) is 21.7. The van der Waals surface area contributed by atoms with Crippen LogP contribution in [-0.2, 0) is 4.79 Å². The summed E-state index contributed by atoms with van der Waals surface area (Å²) in [5.41, 5.74) is 3.02. The number of hydrogen-bond acceptors (Lipinski definition) is 5. The summed E-state index contributed by atoms with van der Waals surface area (Å²) in [7, 11) is 0. The lowest BCUT2D eigenvalue weighted by molar-refractivity contribution is -0.126. The molecule has 0 radical (unpaired) electrons. The van der Waals surface area contributed by atoms with Crippen molar-refractivity contribution in [2.24, 2.45) is 0 Å². The maximum atomic E-state index is 13.6. The predicted octanol–water partition coefficient (Wildman–Crippen LogP) is 3.99. The number of rotatable bonds is 2. The Morgan fingerprint density at radius 2 is 2.13 bits per heavy atom. The molecule has 2 aromatic carbocycles. The zero-order valence-electron chi connectivity index (χ0n) is 16.9. The molecule has 0 saturated carbocycles. The summed E-state index contributed by atoms with van der Waals surface area (Å²) in [5, 5.41) is 1.19. The van der Waals surface area contributed by atoms with E-state index in [9.17, 15) is 9.18 Å². The Hall–Kier alpha value is -3.19. The summed E-state index contributed by atoms with van der Waals surface area (Å²) in [5.74, 6) is 0.871. The first kappa shape index (κ1) is 19.8. The fourth-order valence-corrected chi connectivity index (χ4v) is 4.72. The van der Waals surface area contributed by atoms with Crippen molar-refractivity contribution >= 4 is 34.2 Å². The van der Waals surface area contributed by atoms with E-state index in [1.807, 2.05) is 13.0 Å².